The minimum Gasteiger partial charge on any atom is -0.489 e. The van der Waals surface area contributed by atoms with Crippen molar-refractivity contribution in [3.63, 3.8) is 0 Å². The SMILES string of the molecule is [c]1cc(OCc2ccccc2)ccc1OCc1ccccc1. The van der Waals surface area contributed by atoms with Crippen molar-refractivity contribution >= 4 is 0 Å². The molecule has 3 rings (SSSR count). The number of benzene rings is 3. The summed E-state index contributed by atoms with van der Waals surface area (Å²) in [5.41, 5.74) is 2.28. The van der Waals surface area contributed by atoms with Gasteiger partial charge >= 0.3 is 0 Å². The fourth-order valence-corrected chi connectivity index (χ4v) is 2.05. The van der Waals surface area contributed by atoms with E-state index in [0.29, 0.717) is 13.2 Å². The van der Waals surface area contributed by atoms with Gasteiger partial charge in [-0.2, -0.15) is 0 Å². The molecule has 2 nitrogen and oxygen atoms in total. The van der Waals surface area contributed by atoms with E-state index in [-0.39, 0.29) is 0 Å². The zero-order valence-corrected chi connectivity index (χ0v) is 12.2. The largest absolute Gasteiger partial charge is 0.489 e. The molecule has 0 saturated carbocycles. The third-order valence-corrected chi connectivity index (χ3v) is 3.24. The Balaban J connectivity index is 1.52. The van der Waals surface area contributed by atoms with Crippen LogP contribution >= 0.6 is 0 Å². The van der Waals surface area contributed by atoms with E-state index in [1.807, 2.05) is 78.9 Å². The fourth-order valence-electron chi connectivity index (χ4n) is 2.05. The first-order valence-corrected chi connectivity index (χ1v) is 7.25. The first-order chi connectivity index (χ1) is 10.9. The molecule has 22 heavy (non-hydrogen) atoms. The van der Waals surface area contributed by atoms with E-state index in [1.54, 1.807) is 0 Å². The van der Waals surface area contributed by atoms with E-state index in [1.165, 1.54) is 0 Å². The van der Waals surface area contributed by atoms with Gasteiger partial charge in [-0.05, 0) is 29.3 Å². The summed E-state index contributed by atoms with van der Waals surface area (Å²) >= 11 is 0. The average molecular weight is 289 g/mol. The molecule has 0 unspecified atom stereocenters. The molecule has 0 aliphatic rings. The van der Waals surface area contributed by atoms with E-state index < -0.39 is 0 Å². The molecule has 2 heteroatoms. The van der Waals surface area contributed by atoms with Crippen molar-refractivity contribution in [2.24, 2.45) is 0 Å². The van der Waals surface area contributed by atoms with Crippen molar-refractivity contribution in [3.05, 3.63) is 96.1 Å². The molecule has 3 aromatic carbocycles. The summed E-state index contributed by atoms with van der Waals surface area (Å²) < 4.78 is 11.4. The third-order valence-electron chi connectivity index (χ3n) is 3.24. The monoisotopic (exact) mass is 289 g/mol. The normalized spacial score (nSPS) is 10.2. The molecule has 0 heterocycles. The molecule has 0 aromatic heterocycles. The van der Waals surface area contributed by atoms with Gasteiger partial charge in [-0.1, -0.05) is 60.7 Å². The lowest BCUT2D eigenvalue weighted by atomic mass is 10.2. The van der Waals surface area contributed by atoms with Crippen molar-refractivity contribution < 1.29 is 9.47 Å². The van der Waals surface area contributed by atoms with Gasteiger partial charge in [-0.3, -0.25) is 0 Å². The summed E-state index contributed by atoms with van der Waals surface area (Å²) in [7, 11) is 0. The van der Waals surface area contributed by atoms with Crippen LogP contribution in [0.15, 0.2) is 78.9 Å². The molecule has 0 bridgehead atoms. The quantitative estimate of drug-likeness (QED) is 0.658. The van der Waals surface area contributed by atoms with Gasteiger partial charge in [-0.25, -0.2) is 0 Å². The van der Waals surface area contributed by atoms with Crippen molar-refractivity contribution in [1.82, 2.24) is 0 Å². The van der Waals surface area contributed by atoms with Gasteiger partial charge in [0.15, 0.2) is 0 Å². The Morgan fingerprint density at radius 2 is 1.23 bits per heavy atom. The maximum Gasteiger partial charge on any atom is 0.128 e. The van der Waals surface area contributed by atoms with E-state index >= 15 is 0 Å². The van der Waals surface area contributed by atoms with E-state index in [4.69, 9.17) is 9.47 Å². The van der Waals surface area contributed by atoms with Crippen LogP contribution in [0.25, 0.3) is 0 Å². The average Bonchev–Trinajstić information content (AvgIpc) is 2.61. The zero-order valence-electron chi connectivity index (χ0n) is 12.2. The highest BCUT2D eigenvalue weighted by molar-refractivity contribution is 5.30. The van der Waals surface area contributed by atoms with Crippen LogP contribution in [0.2, 0.25) is 0 Å². The first-order valence-electron chi connectivity index (χ1n) is 7.25. The van der Waals surface area contributed by atoms with Crippen LogP contribution < -0.4 is 9.47 Å². The van der Waals surface area contributed by atoms with Gasteiger partial charge in [0.25, 0.3) is 0 Å². The summed E-state index contributed by atoms with van der Waals surface area (Å²) in [6, 6.07) is 28.9. The van der Waals surface area contributed by atoms with Gasteiger partial charge in [0, 0.05) is 6.07 Å². The molecule has 0 N–H and O–H groups in total. The number of ether oxygens (including phenoxy) is 2. The van der Waals surface area contributed by atoms with Crippen LogP contribution in [0, 0.1) is 6.07 Å². The first kappa shape index (κ1) is 14.2. The Labute approximate surface area is 131 Å². The molecule has 1 radical (unpaired) electrons. The lowest BCUT2D eigenvalue weighted by Crippen LogP contribution is -1.97. The van der Waals surface area contributed by atoms with Crippen LogP contribution in [-0.4, -0.2) is 0 Å². The van der Waals surface area contributed by atoms with Crippen molar-refractivity contribution in [2.45, 2.75) is 13.2 Å². The minimum atomic E-state index is 0.543. The Morgan fingerprint density at radius 1 is 0.636 bits per heavy atom. The van der Waals surface area contributed by atoms with Crippen molar-refractivity contribution in [2.75, 3.05) is 0 Å². The predicted molar refractivity (Wildman–Crippen MR) is 86.8 cm³/mol. The van der Waals surface area contributed by atoms with Gasteiger partial charge in [0.2, 0.25) is 0 Å². The van der Waals surface area contributed by atoms with E-state index in [2.05, 4.69) is 6.07 Å². The second kappa shape index (κ2) is 7.32. The third kappa shape index (κ3) is 4.13. The highest BCUT2D eigenvalue weighted by atomic mass is 16.5. The maximum atomic E-state index is 5.72. The smallest absolute Gasteiger partial charge is 0.128 e. The predicted octanol–water partition coefficient (Wildman–Crippen LogP) is 4.64. The van der Waals surface area contributed by atoms with Crippen LogP contribution in [-0.2, 0) is 13.2 Å². The van der Waals surface area contributed by atoms with Crippen LogP contribution in [0.3, 0.4) is 0 Å². The fraction of sp³-hybridized carbons (Fsp3) is 0.100. The minimum absolute atomic E-state index is 0.543. The Kier molecular flexibility index (Phi) is 4.73. The van der Waals surface area contributed by atoms with Crippen LogP contribution in [0.4, 0.5) is 0 Å². The number of rotatable bonds is 6. The zero-order chi connectivity index (χ0) is 15.0. The lowest BCUT2D eigenvalue weighted by molar-refractivity contribution is 0.296. The molecule has 0 amide bonds. The topological polar surface area (TPSA) is 18.5 Å². The Bertz CT molecular complexity index is 613. The van der Waals surface area contributed by atoms with Crippen molar-refractivity contribution in [1.29, 1.82) is 0 Å². The highest BCUT2D eigenvalue weighted by Crippen LogP contribution is 2.19. The molecule has 0 fully saturated rings. The molecule has 0 saturated heterocycles. The summed E-state index contributed by atoms with van der Waals surface area (Å²) in [5.74, 6) is 1.51. The highest BCUT2D eigenvalue weighted by Gasteiger charge is 1.99. The Morgan fingerprint density at radius 3 is 1.77 bits per heavy atom. The second-order valence-corrected chi connectivity index (χ2v) is 4.94. The molecule has 0 aliphatic carbocycles. The van der Waals surface area contributed by atoms with Crippen LogP contribution in [0.1, 0.15) is 11.1 Å². The standard InChI is InChI=1S/C20H17O2/c1-3-7-17(8-4-1)15-21-19-11-13-20(14-12-19)22-16-18-9-5-2-6-10-18/h1-13H,15-16H2. The Hall–Kier alpha value is -2.74. The van der Waals surface area contributed by atoms with Gasteiger partial charge in [0.1, 0.15) is 24.7 Å². The maximum absolute atomic E-state index is 5.72. The summed E-state index contributed by atoms with van der Waals surface area (Å²) in [6.45, 7) is 1.10. The molecule has 109 valence electrons. The molecule has 3 aromatic rings. The molecule has 0 atom stereocenters. The van der Waals surface area contributed by atoms with Crippen molar-refractivity contribution in [3.8, 4) is 11.5 Å². The number of hydrogen-bond donors (Lipinski definition) is 0. The summed E-state index contributed by atoms with van der Waals surface area (Å²) in [4.78, 5) is 0. The van der Waals surface area contributed by atoms with Gasteiger partial charge in [0.05, 0.1) is 0 Å². The molecular weight excluding hydrogens is 272 g/mol. The van der Waals surface area contributed by atoms with E-state index in [0.717, 1.165) is 22.6 Å². The summed E-state index contributed by atoms with van der Waals surface area (Å²) in [6.07, 6.45) is 0. The molecule has 0 aliphatic heterocycles. The van der Waals surface area contributed by atoms with Gasteiger partial charge < -0.3 is 9.47 Å². The molecular formula is C20H17O2. The van der Waals surface area contributed by atoms with Crippen LogP contribution in [0.5, 0.6) is 11.5 Å². The molecule has 0 spiro atoms. The van der Waals surface area contributed by atoms with Gasteiger partial charge in [-0.15, -0.1) is 0 Å². The summed E-state index contributed by atoms with van der Waals surface area (Å²) in [5, 5.41) is 0. The van der Waals surface area contributed by atoms with E-state index in [9.17, 15) is 0 Å². The second-order valence-electron chi connectivity index (χ2n) is 4.94. The number of hydrogen-bond acceptors (Lipinski definition) is 2. The lowest BCUT2D eigenvalue weighted by Gasteiger charge is -2.08.